The Balaban J connectivity index is 2.91. The van der Waals surface area contributed by atoms with Crippen molar-refractivity contribution in [2.75, 3.05) is 12.3 Å². The third-order valence-corrected chi connectivity index (χ3v) is 2.96. The molecule has 0 aromatic heterocycles. The molecule has 0 bridgehead atoms. The van der Waals surface area contributed by atoms with Crippen molar-refractivity contribution in [1.29, 1.82) is 0 Å². The normalized spacial score (nSPS) is 12.6. The maximum absolute atomic E-state index is 13.5. The monoisotopic (exact) mass is 254 g/mol. The van der Waals surface area contributed by atoms with Gasteiger partial charge >= 0.3 is 0 Å². The van der Waals surface area contributed by atoms with E-state index in [1.54, 1.807) is 6.92 Å². The quantitative estimate of drug-likeness (QED) is 0.712. The lowest BCUT2D eigenvalue weighted by Gasteiger charge is -2.20. The highest BCUT2D eigenvalue weighted by Gasteiger charge is 2.17. The molecule has 0 aliphatic heterocycles. The molecule has 0 spiro atoms. The summed E-state index contributed by atoms with van der Waals surface area (Å²) in [5.41, 5.74) is 6.34. The Hall–Kier alpha value is -1.62. The molecule has 1 rings (SSSR count). The van der Waals surface area contributed by atoms with E-state index in [4.69, 9.17) is 10.8 Å². The highest BCUT2D eigenvalue weighted by molar-refractivity contribution is 5.95. The lowest BCUT2D eigenvalue weighted by Crippen LogP contribution is -2.41. The van der Waals surface area contributed by atoms with Gasteiger partial charge in [0.2, 0.25) is 0 Å². The van der Waals surface area contributed by atoms with Crippen molar-refractivity contribution in [2.24, 2.45) is 5.92 Å². The molecule has 100 valence electrons. The van der Waals surface area contributed by atoms with E-state index in [-0.39, 0.29) is 29.8 Å². The van der Waals surface area contributed by atoms with Crippen molar-refractivity contribution in [3.63, 3.8) is 0 Å². The van der Waals surface area contributed by atoms with Crippen molar-refractivity contribution in [3.05, 3.63) is 29.1 Å². The van der Waals surface area contributed by atoms with Crippen LogP contribution < -0.4 is 11.1 Å². The Morgan fingerprint density at radius 1 is 1.50 bits per heavy atom. The van der Waals surface area contributed by atoms with E-state index in [0.717, 1.165) is 6.07 Å². The first kappa shape index (κ1) is 14.4. The predicted molar refractivity (Wildman–Crippen MR) is 68.7 cm³/mol. The van der Waals surface area contributed by atoms with Gasteiger partial charge in [0.25, 0.3) is 5.91 Å². The number of carbonyl (C=O) groups is 1. The second-order valence-electron chi connectivity index (χ2n) is 4.68. The summed E-state index contributed by atoms with van der Waals surface area (Å²) in [6.07, 6.45) is 0. The van der Waals surface area contributed by atoms with E-state index in [1.165, 1.54) is 6.07 Å². The largest absolute Gasteiger partial charge is 0.398 e. The molecule has 0 aliphatic carbocycles. The van der Waals surface area contributed by atoms with Crippen LogP contribution in [0.2, 0.25) is 0 Å². The molecule has 0 saturated heterocycles. The molecular formula is C13H19FN2O2. The van der Waals surface area contributed by atoms with E-state index >= 15 is 0 Å². The second-order valence-corrected chi connectivity index (χ2v) is 4.68. The summed E-state index contributed by atoms with van der Waals surface area (Å²) in [5, 5.41) is 11.8. The zero-order valence-electron chi connectivity index (χ0n) is 10.8. The molecule has 1 aromatic carbocycles. The molecule has 0 unspecified atom stereocenters. The van der Waals surface area contributed by atoms with Crippen LogP contribution in [0.3, 0.4) is 0 Å². The number of rotatable bonds is 4. The van der Waals surface area contributed by atoms with Gasteiger partial charge in [0.15, 0.2) is 0 Å². The molecule has 4 N–H and O–H groups in total. The minimum Gasteiger partial charge on any atom is -0.398 e. The van der Waals surface area contributed by atoms with Gasteiger partial charge in [-0.3, -0.25) is 4.79 Å². The topological polar surface area (TPSA) is 75.4 Å². The predicted octanol–water partition coefficient (Wildman–Crippen LogP) is 1.46. The van der Waals surface area contributed by atoms with Gasteiger partial charge in [-0.1, -0.05) is 13.8 Å². The van der Waals surface area contributed by atoms with Crippen LogP contribution >= 0.6 is 0 Å². The highest BCUT2D eigenvalue weighted by atomic mass is 19.1. The number of nitrogen functional groups attached to an aromatic ring is 1. The Bertz CT molecular complexity index is 424. The highest BCUT2D eigenvalue weighted by Crippen LogP contribution is 2.17. The number of carbonyl (C=O) groups excluding carboxylic acids is 1. The fourth-order valence-corrected chi connectivity index (χ4v) is 1.51. The average molecular weight is 254 g/mol. The van der Waals surface area contributed by atoms with Crippen molar-refractivity contribution >= 4 is 11.6 Å². The van der Waals surface area contributed by atoms with Gasteiger partial charge in [-0.05, 0) is 25.0 Å². The molecule has 0 saturated carbocycles. The molecule has 1 aromatic rings. The van der Waals surface area contributed by atoms with Crippen LogP contribution in [-0.4, -0.2) is 23.7 Å². The van der Waals surface area contributed by atoms with Gasteiger partial charge in [-0.2, -0.15) is 0 Å². The molecule has 5 heteroatoms. The van der Waals surface area contributed by atoms with Gasteiger partial charge in [-0.15, -0.1) is 0 Å². The zero-order valence-corrected chi connectivity index (χ0v) is 10.8. The van der Waals surface area contributed by atoms with Gasteiger partial charge in [0, 0.05) is 16.8 Å². The standard InChI is InChI=1S/C13H19FN2O2/c1-7(2)12(6-17)16-13(18)9-4-10(14)8(3)11(15)5-9/h4-5,7,12,17H,6,15H2,1-3H3,(H,16,18)/t12-/m1/s1. The van der Waals surface area contributed by atoms with Crippen molar-refractivity contribution < 1.29 is 14.3 Å². The third kappa shape index (κ3) is 3.20. The molecule has 0 radical (unpaired) electrons. The number of halogens is 1. The minimum absolute atomic E-state index is 0.0894. The van der Waals surface area contributed by atoms with Crippen LogP contribution in [0.1, 0.15) is 29.8 Å². The van der Waals surface area contributed by atoms with E-state index in [0.29, 0.717) is 5.56 Å². The number of aliphatic hydroxyl groups excluding tert-OH is 1. The molecule has 4 nitrogen and oxygen atoms in total. The maximum atomic E-state index is 13.5. The van der Waals surface area contributed by atoms with Crippen molar-refractivity contribution in [1.82, 2.24) is 5.32 Å². The van der Waals surface area contributed by atoms with E-state index < -0.39 is 11.7 Å². The third-order valence-electron chi connectivity index (χ3n) is 2.96. The van der Waals surface area contributed by atoms with Crippen LogP contribution in [0.15, 0.2) is 12.1 Å². The lowest BCUT2D eigenvalue weighted by molar-refractivity contribution is 0.0896. The molecule has 0 aliphatic rings. The van der Waals surface area contributed by atoms with Crippen LogP contribution in [0.5, 0.6) is 0 Å². The summed E-state index contributed by atoms with van der Waals surface area (Å²) < 4.78 is 13.5. The van der Waals surface area contributed by atoms with Gasteiger partial charge in [0.1, 0.15) is 5.82 Å². The van der Waals surface area contributed by atoms with Gasteiger partial charge in [0.05, 0.1) is 12.6 Å². The van der Waals surface area contributed by atoms with Crippen molar-refractivity contribution in [2.45, 2.75) is 26.8 Å². The molecule has 1 amide bonds. The Morgan fingerprint density at radius 3 is 2.56 bits per heavy atom. The summed E-state index contributed by atoms with van der Waals surface area (Å²) in [6.45, 7) is 5.15. The van der Waals surface area contributed by atoms with Crippen LogP contribution in [0, 0.1) is 18.7 Å². The number of aliphatic hydroxyl groups is 1. The van der Waals surface area contributed by atoms with Gasteiger partial charge in [-0.25, -0.2) is 4.39 Å². The van der Waals surface area contributed by atoms with Crippen LogP contribution in [0.4, 0.5) is 10.1 Å². The first-order valence-corrected chi connectivity index (χ1v) is 5.84. The number of nitrogens with one attached hydrogen (secondary N) is 1. The van der Waals surface area contributed by atoms with E-state index in [2.05, 4.69) is 5.32 Å². The molecule has 0 heterocycles. The number of anilines is 1. The summed E-state index contributed by atoms with van der Waals surface area (Å²) in [5.74, 6) is -0.856. The fourth-order valence-electron chi connectivity index (χ4n) is 1.51. The lowest BCUT2D eigenvalue weighted by atomic mass is 10.0. The van der Waals surface area contributed by atoms with Gasteiger partial charge < -0.3 is 16.2 Å². The Kier molecular flexibility index (Phi) is 4.67. The minimum atomic E-state index is -0.509. The first-order chi connectivity index (χ1) is 8.36. The van der Waals surface area contributed by atoms with Crippen LogP contribution in [0.25, 0.3) is 0 Å². The number of nitrogens with two attached hydrogens (primary N) is 1. The van der Waals surface area contributed by atoms with E-state index in [1.807, 2.05) is 13.8 Å². The summed E-state index contributed by atoms with van der Waals surface area (Å²) in [4.78, 5) is 11.9. The fraction of sp³-hybridized carbons (Fsp3) is 0.462. The second kappa shape index (κ2) is 5.82. The summed E-state index contributed by atoms with van der Waals surface area (Å²) in [7, 11) is 0. The summed E-state index contributed by atoms with van der Waals surface area (Å²) in [6, 6.07) is 2.22. The van der Waals surface area contributed by atoms with E-state index in [9.17, 15) is 9.18 Å². The summed E-state index contributed by atoms with van der Waals surface area (Å²) >= 11 is 0. The number of hydrogen-bond donors (Lipinski definition) is 3. The molecule has 18 heavy (non-hydrogen) atoms. The molecule has 1 atom stereocenters. The molecule has 0 fully saturated rings. The van der Waals surface area contributed by atoms with Crippen LogP contribution in [-0.2, 0) is 0 Å². The zero-order chi connectivity index (χ0) is 13.9. The van der Waals surface area contributed by atoms with Crippen molar-refractivity contribution in [3.8, 4) is 0 Å². The first-order valence-electron chi connectivity index (χ1n) is 5.84. The Morgan fingerprint density at radius 2 is 2.11 bits per heavy atom. The number of amides is 1. The smallest absolute Gasteiger partial charge is 0.251 e. The number of hydrogen-bond acceptors (Lipinski definition) is 3. The SMILES string of the molecule is Cc1c(N)cc(C(=O)N[C@H](CO)C(C)C)cc1F. The average Bonchev–Trinajstić information content (AvgIpc) is 2.31. The number of benzene rings is 1. The molecular weight excluding hydrogens is 235 g/mol. The maximum Gasteiger partial charge on any atom is 0.251 e. The Labute approximate surface area is 106 Å².